The lowest BCUT2D eigenvalue weighted by Crippen LogP contribution is -2.52. The van der Waals surface area contributed by atoms with Crippen molar-refractivity contribution >= 4 is 17.3 Å². The van der Waals surface area contributed by atoms with Crippen molar-refractivity contribution in [2.45, 2.75) is 13.0 Å². The van der Waals surface area contributed by atoms with Crippen molar-refractivity contribution in [2.24, 2.45) is 0 Å². The van der Waals surface area contributed by atoms with Crippen LogP contribution in [0.25, 0.3) is 5.69 Å². The summed E-state index contributed by atoms with van der Waals surface area (Å²) in [6.07, 6.45) is 1.39. The highest BCUT2D eigenvalue weighted by atomic mass is 19.1. The maximum atomic E-state index is 13.5. The normalized spacial score (nSPS) is 14.9. The monoisotopic (exact) mass is 444 g/mol. The van der Waals surface area contributed by atoms with Crippen molar-refractivity contribution in [1.29, 1.82) is 0 Å². The minimum absolute atomic E-state index is 0.0586. The zero-order valence-electron chi connectivity index (χ0n) is 17.7. The van der Waals surface area contributed by atoms with Gasteiger partial charge in [0, 0.05) is 43.6 Å². The molecular formula is C22H26F2N6O2. The summed E-state index contributed by atoms with van der Waals surface area (Å²) in [6, 6.07) is 9.02. The van der Waals surface area contributed by atoms with E-state index in [1.165, 1.54) is 23.1 Å². The molecule has 1 aromatic heterocycles. The fourth-order valence-electron chi connectivity index (χ4n) is 3.90. The lowest BCUT2D eigenvalue weighted by atomic mass is 10.1. The minimum atomic E-state index is -0.683. The average molecular weight is 444 g/mol. The Hall–Kier alpha value is -3.08. The van der Waals surface area contributed by atoms with Crippen molar-refractivity contribution in [3.05, 3.63) is 59.9 Å². The Morgan fingerprint density at radius 1 is 0.938 bits per heavy atom. The second-order valence-electron chi connectivity index (χ2n) is 7.86. The minimum Gasteiger partial charge on any atom is -0.395 e. The van der Waals surface area contributed by atoms with Crippen LogP contribution in [0, 0.1) is 18.6 Å². The first-order chi connectivity index (χ1) is 15.4. The Labute approximate surface area is 184 Å². The lowest BCUT2D eigenvalue weighted by Gasteiger charge is -2.39. The predicted molar refractivity (Wildman–Crippen MR) is 117 cm³/mol. The molecule has 0 amide bonds. The van der Waals surface area contributed by atoms with Crippen molar-refractivity contribution in [2.75, 3.05) is 49.6 Å². The van der Waals surface area contributed by atoms with Crippen LogP contribution in [0.15, 0.2) is 42.7 Å². The van der Waals surface area contributed by atoms with Crippen LogP contribution in [0.4, 0.5) is 26.1 Å². The first-order valence-electron chi connectivity index (χ1n) is 10.4. The molecule has 0 atom stereocenters. The quantitative estimate of drug-likeness (QED) is 0.514. The number of benzene rings is 2. The maximum Gasteiger partial charge on any atom is 0.246 e. The third kappa shape index (κ3) is 5.04. The van der Waals surface area contributed by atoms with Crippen LogP contribution in [0.2, 0.25) is 0 Å². The molecule has 1 aliphatic rings. The summed E-state index contributed by atoms with van der Waals surface area (Å²) in [5, 5.41) is 26.2. The number of aliphatic hydroxyl groups is 2. The van der Waals surface area contributed by atoms with Gasteiger partial charge in [0.25, 0.3) is 0 Å². The maximum absolute atomic E-state index is 13.5. The molecule has 0 saturated carbocycles. The number of nitrogens with zero attached hydrogens (tertiary/aromatic N) is 5. The summed E-state index contributed by atoms with van der Waals surface area (Å²) in [7, 11) is 0. The van der Waals surface area contributed by atoms with Crippen LogP contribution in [0.5, 0.6) is 0 Å². The molecule has 3 N–H and O–H groups in total. The number of piperazine rings is 1. The van der Waals surface area contributed by atoms with E-state index in [0.717, 1.165) is 49.2 Å². The zero-order valence-corrected chi connectivity index (χ0v) is 17.7. The zero-order chi connectivity index (χ0) is 22.7. The van der Waals surface area contributed by atoms with Crippen LogP contribution in [-0.2, 0) is 0 Å². The van der Waals surface area contributed by atoms with Gasteiger partial charge >= 0.3 is 0 Å². The standard InChI is InChI=1S/C22H26F2N6O2/c1-15-6-18(11-19(7-15)28-2-4-29(5-3-28)21(12-31)13-32)26-22-25-14-30(27-22)20-9-16(23)8-17(24)10-20/h6-11,14,21,31-32H,2-5,12-13H2,1H3,(H,26,27). The van der Waals surface area contributed by atoms with E-state index in [9.17, 15) is 19.0 Å². The molecule has 8 nitrogen and oxygen atoms in total. The number of hydrogen-bond donors (Lipinski definition) is 3. The molecule has 2 heterocycles. The van der Waals surface area contributed by atoms with Gasteiger partial charge in [0.15, 0.2) is 0 Å². The number of rotatable bonds is 7. The van der Waals surface area contributed by atoms with E-state index in [1.54, 1.807) is 0 Å². The van der Waals surface area contributed by atoms with E-state index in [-0.39, 0.29) is 24.9 Å². The molecule has 2 aromatic carbocycles. The van der Waals surface area contributed by atoms with Crippen LogP contribution < -0.4 is 10.2 Å². The van der Waals surface area contributed by atoms with Gasteiger partial charge in [-0.1, -0.05) is 0 Å². The van der Waals surface area contributed by atoms with Crippen molar-refractivity contribution in [1.82, 2.24) is 19.7 Å². The lowest BCUT2D eigenvalue weighted by molar-refractivity contribution is 0.0700. The Morgan fingerprint density at radius 3 is 2.28 bits per heavy atom. The number of aliphatic hydroxyl groups excluding tert-OH is 2. The molecule has 4 rings (SSSR count). The van der Waals surface area contributed by atoms with Gasteiger partial charge in [0.2, 0.25) is 5.95 Å². The molecule has 10 heteroatoms. The highest BCUT2D eigenvalue weighted by Crippen LogP contribution is 2.25. The van der Waals surface area contributed by atoms with Crippen molar-refractivity contribution in [3.8, 4) is 5.69 Å². The van der Waals surface area contributed by atoms with Crippen LogP contribution in [0.1, 0.15) is 5.56 Å². The predicted octanol–water partition coefficient (Wildman–Crippen LogP) is 2.07. The molecule has 32 heavy (non-hydrogen) atoms. The highest BCUT2D eigenvalue weighted by Gasteiger charge is 2.23. The molecule has 3 aromatic rings. The van der Waals surface area contributed by atoms with E-state index >= 15 is 0 Å². The number of aryl methyl sites for hydroxylation is 1. The summed E-state index contributed by atoms with van der Waals surface area (Å²) >= 11 is 0. The number of hydrogen-bond acceptors (Lipinski definition) is 7. The van der Waals surface area contributed by atoms with E-state index in [0.29, 0.717) is 5.95 Å². The molecule has 0 unspecified atom stereocenters. The number of anilines is 3. The van der Waals surface area contributed by atoms with E-state index in [1.807, 2.05) is 19.1 Å². The molecule has 1 aliphatic heterocycles. The van der Waals surface area contributed by atoms with Gasteiger partial charge in [-0.3, -0.25) is 4.90 Å². The van der Waals surface area contributed by atoms with Crippen LogP contribution in [0.3, 0.4) is 0 Å². The second-order valence-corrected chi connectivity index (χ2v) is 7.86. The Kier molecular flexibility index (Phi) is 6.63. The van der Waals surface area contributed by atoms with Crippen LogP contribution in [-0.4, -0.2) is 75.3 Å². The third-order valence-electron chi connectivity index (χ3n) is 5.54. The first-order valence-corrected chi connectivity index (χ1v) is 10.4. The summed E-state index contributed by atoms with van der Waals surface area (Å²) in [5.41, 5.74) is 3.15. The van der Waals surface area contributed by atoms with Gasteiger partial charge in [-0.2, -0.15) is 4.98 Å². The SMILES string of the molecule is Cc1cc(Nc2ncn(-c3cc(F)cc(F)c3)n2)cc(N2CCN(C(CO)CO)CC2)c1. The second kappa shape index (κ2) is 9.60. The van der Waals surface area contributed by atoms with E-state index in [4.69, 9.17) is 0 Å². The Morgan fingerprint density at radius 2 is 1.62 bits per heavy atom. The Balaban J connectivity index is 1.46. The molecule has 0 spiro atoms. The average Bonchev–Trinajstić information content (AvgIpc) is 3.22. The fourth-order valence-corrected chi connectivity index (χ4v) is 3.90. The summed E-state index contributed by atoms with van der Waals surface area (Å²) in [6.45, 7) is 4.93. The number of halogens is 2. The molecule has 170 valence electrons. The van der Waals surface area contributed by atoms with Crippen LogP contribution >= 0.6 is 0 Å². The van der Waals surface area contributed by atoms with E-state index < -0.39 is 11.6 Å². The van der Waals surface area contributed by atoms with Crippen molar-refractivity contribution in [3.63, 3.8) is 0 Å². The van der Waals surface area contributed by atoms with Gasteiger partial charge in [-0.25, -0.2) is 13.5 Å². The summed E-state index contributed by atoms with van der Waals surface area (Å²) < 4.78 is 28.3. The van der Waals surface area contributed by atoms with Crippen molar-refractivity contribution < 1.29 is 19.0 Å². The molecular weight excluding hydrogens is 418 g/mol. The van der Waals surface area contributed by atoms with Gasteiger partial charge in [0.05, 0.1) is 24.9 Å². The smallest absolute Gasteiger partial charge is 0.246 e. The van der Waals surface area contributed by atoms with Gasteiger partial charge in [-0.05, 0) is 42.8 Å². The fraction of sp³-hybridized carbons (Fsp3) is 0.364. The largest absolute Gasteiger partial charge is 0.395 e. The highest BCUT2D eigenvalue weighted by molar-refractivity contribution is 5.64. The van der Waals surface area contributed by atoms with Gasteiger partial charge in [0.1, 0.15) is 18.0 Å². The molecule has 0 aliphatic carbocycles. The third-order valence-corrected chi connectivity index (χ3v) is 5.54. The number of aromatic nitrogens is 3. The molecule has 0 radical (unpaired) electrons. The summed E-state index contributed by atoms with van der Waals surface area (Å²) in [4.78, 5) is 8.54. The van der Waals surface area contributed by atoms with Gasteiger partial charge < -0.3 is 20.4 Å². The topological polar surface area (TPSA) is 89.7 Å². The van der Waals surface area contributed by atoms with E-state index in [2.05, 4.69) is 31.3 Å². The number of nitrogens with one attached hydrogen (secondary N) is 1. The molecule has 1 saturated heterocycles. The summed E-state index contributed by atoms with van der Waals surface area (Å²) in [5.74, 6) is -1.06. The molecule has 0 bridgehead atoms. The van der Waals surface area contributed by atoms with Gasteiger partial charge in [-0.15, -0.1) is 5.10 Å². The molecule has 1 fully saturated rings. The first kappa shape index (κ1) is 22.1. The Bertz CT molecular complexity index is 1040.